The fourth-order valence-electron chi connectivity index (χ4n) is 5.15. The molecule has 0 aromatic heterocycles. The summed E-state index contributed by atoms with van der Waals surface area (Å²) in [6.45, 7) is 7.64. The molecule has 0 saturated carbocycles. The molecule has 4 rings (SSSR count). The molecule has 2 N–H and O–H groups in total. The molecule has 0 spiro atoms. The third-order valence-electron chi connectivity index (χ3n) is 6.44. The Kier molecular flexibility index (Phi) is 8.38. The maximum atomic E-state index is 13.0. The van der Waals surface area contributed by atoms with Crippen molar-refractivity contribution in [2.45, 2.75) is 57.8 Å². The van der Waals surface area contributed by atoms with Crippen LogP contribution in [0.3, 0.4) is 0 Å². The van der Waals surface area contributed by atoms with E-state index in [-0.39, 0.29) is 28.2 Å². The van der Waals surface area contributed by atoms with Gasteiger partial charge in [0.1, 0.15) is 28.9 Å². The van der Waals surface area contributed by atoms with Crippen LogP contribution in [0, 0.1) is 11.3 Å². The summed E-state index contributed by atoms with van der Waals surface area (Å²) in [6.07, 6.45) is 1.39. The van der Waals surface area contributed by atoms with Crippen molar-refractivity contribution in [1.29, 1.82) is 5.26 Å². The molecule has 1 aliphatic rings. The third kappa shape index (κ3) is 7.12. The lowest BCUT2D eigenvalue weighted by Gasteiger charge is -2.45. The highest BCUT2D eigenvalue weighted by atomic mass is 35.5. The number of rotatable bonds is 8. The summed E-state index contributed by atoms with van der Waals surface area (Å²) >= 11 is 6.51. The van der Waals surface area contributed by atoms with Crippen molar-refractivity contribution >= 4 is 23.5 Å². The molecule has 9 heteroatoms. The summed E-state index contributed by atoms with van der Waals surface area (Å²) in [6, 6.07) is 18.9. The van der Waals surface area contributed by atoms with Crippen LogP contribution in [0.4, 0.5) is 0 Å². The lowest BCUT2D eigenvalue weighted by Crippen LogP contribution is -2.52. The predicted octanol–water partition coefficient (Wildman–Crippen LogP) is 6.60. The number of carbonyl (C=O) groups excluding carboxylic acids is 1. The molecule has 0 radical (unpaired) electrons. The zero-order valence-corrected chi connectivity index (χ0v) is 23.5. The van der Waals surface area contributed by atoms with Gasteiger partial charge >= 0.3 is 5.97 Å². The van der Waals surface area contributed by atoms with Gasteiger partial charge in [-0.1, -0.05) is 35.9 Å². The van der Waals surface area contributed by atoms with Crippen LogP contribution < -0.4 is 14.8 Å². The minimum atomic E-state index is -1.07. The third-order valence-corrected chi connectivity index (χ3v) is 6.74. The smallest absolute Gasteiger partial charge is 0.341 e. The summed E-state index contributed by atoms with van der Waals surface area (Å²) < 4.78 is 17.3. The largest absolute Gasteiger partial charge is 0.482 e. The molecule has 1 aliphatic heterocycles. The molecule has 1 saturated heterocycles. The number of carboxylic acids is 1. The van der Waals surface area contributed by atoms with Gasteiger partial charge in [-0.2, -0.15) is 5.26 Å². The van der Waals surface area contributed by atoms with E-state index >= 15 is 0 Å². The maximum Gasteiger partial charge on any atom is 0.341 e. The van der Waals surface area contributed by atoms with Gasteiger partial charge in [0.2, 0.25) is 0 Å². The number of nitrogens with zero attached hydrogens (tertiary/aromatic N) is 1. The number of halogens is 1. The van der Waals surface area contributed by atoms with Crippen LogP contribution in [0.25, 0.3) is 11.1 Å². The van der Waals surface area contributed by atoms with Crippen LogP contribution in [0.5, 0.6) is 17.2 Å². The number of carbonyl (C=O) groups is 2. The molecule has 1 fully saturated rings. The zero-order valence-electron chi connectivity index (χ0n) is 22.8. The molecule has 0 bridgehead atoms. The maximum absolute atomic E-state index is 13.0. The predicted molar refractivity (Wildman–Crippen MR) is 151 cm³/mol. The number of amides is 1. The Labute approximate surface area is 238 Å². The summed E-state index contributed by atoms with van der Waals surface area (Å²) in [5.41, 5.74) is 1.35. The number of aliphatic carboxylic acids is 1. The monoisotopic (exact) mass is 562 g/mol. The minimum Gasteiger partial charge on any atom is -0.482 e. The Balaban J connectivity index is 1.50. The number of carboxylic acid groups (broad SMARTS) is 1. The Bertz CT molecular complexity index is 1440. The topological polar surface area (TPSA) is 118 Å². The van der Waals surface area contributed by atoms with E-state index in [0.29, 0.717) is 46.8 Å². The fraction of sp³-hybridized carbons (Fsp3) is 0.323. The van der Waals surface area contributed by atoms with Crippen molar-refractivity contribution in [2.24, 2.45) is 0 Å². The Morgan fingerprint density at radius 1 is 1.05 bits per heavy atom. The van der Waals surface area contributed by atoms with Crippen LogP contribution in [0.1, 0.15) is 56.5 Å². The molecule has 1 heterocycles. The van der Waals surface area contributed by atoms with Crippen molar-refractivity contribution in [3.63, 3.8) is 0 Å². The molecule has 3 aromatic rings. The van der Waals surface area contributed by atoms with E-state index in [1.807, 2.05) is 27.7 Å². The van der Waals surface area contributed by atoms with E-state index in [1.54, 1.807) is 60.7 Å². The Hall–Kier alpha value is -4.06. The van der Waals surface area contributed by atoms with E-state index in [0.717, 1.165) is 5.56 Å². The first-order valence-corrected chi connectivity index (χ1v) is 13.2. The van der Waals surface area contributed by atoms with Gasteiger partial charge in [0, 0.05) is 17.2 Å². The highest BCUT2D eigenvalue weighted by Gasteiger charge is 2.39. The molecular weight excluding hydrogens is 532 g/mol. The second kappa shape index (κ2) is 11.6. The second-order valence-corrected chi connectivity index (χ2v) is 11.4. The molecule has 0 unspecified atom stereocenters. The second-order valence-electron chi connectivity index (χ2n) is 10.9. The number of benzene rings is 3. The van der Waals surface area contributed by atoms with E-state index in [9.17, 15) is 14.9 Å². The highest BCUT2D eigenvalue weighted by Crippen LogP contribution is 2.37. The van der Waals surface area contributed by atoms with Gasteiger partial charge in [-0.15, -0.1) is 0 Å². The first-order chi connectivity index (χ1) is 18.9. The summed E-state index contributed by atoms with van der Waals surface area (Å²) in [5, 5.41) is 22.1. The van der Waals surface area contributed by atoms with Gasteiger partial charge in [0.05, 0.1) is 16.2 Å². The highest BCUT2D eigenvalue weighted by molar-refractivity contribution is 6.32. The van der Waals surface area contributed by atoms with E-state index in [2.05, 4.69) is 11.4 Å². The van der Waals surface area contributed by atoms with Crippen molar-refractivity contribution in [2.75, 3.05) is 6.61 Å². The van der Waals surface area contributed by atoms with Crippen molar-refractivity contribution in [3.8, 4) is 34.4 Å². The van der Waals surface area contributed by atoms with Gasteiger partial charge in [0.15, 0.2) is 6.61 Å². The quantitative estimate of drug-likeness (QED) is 0.317. The van der Waals surface area contributed by atoms with Gasteiger partial charge in [-0.05, 0) is 82.5 Å². The molecule has 8 nitrogen and oxygen atoms in total. The van der Waals surface area contributed by atoms with Crippen LogP contribution >= 0.6 is 11.6 Å². The van der Waals surface area contributed by atoms with Crippen molar-refractivity contribution in [1.82, 2.24) is 5.32 Å². The van der Waals surface area contributed by atoms with Gasteiger partial charge in [-0.3, -0.25) is 4.79 Å². The minimum absolute atomic E-state index is 0.0420. The lowest BCUT2D eigenvalue weighted by atomic mass is 9.85. The summed E-state index contributed by atoms with van der Waals surface area (Å²) in [4.78, 5) is 23.7. The average Bonchev–Trinajstić information content (AvgIpc) is 2.87. The molecule has 1 amide bonds. The molecular formula is C31H31ClN2O6. The van der Waals surface area contributed by atoms with Crippen LogP contribution in [0.15, 0.2) is 60.7 Å². The number of hydrogen-bond donors (Lipinski definition) is 2. The number of nitrogens with one attached hydrogen (secondary N) is 1. The summed E-state index contributed by atoms with van der Waals surface area (Å²) in [5.74, 6) is -0.297. The van der Waals surface area contributed by atoms with Gasteiger partial charge in [-0.25, -0.2) is 4.79 Å². The van der Waals surface area contributed by atoms with E-state index in [1.165, 1.54) is 0 Å². The number of hydrogen-bond acceptors (Lipinski definition) is 6. The van der Waals surface area contributed by atoms with Crippen molar-refractivity contribution < 1.29 is 28.9 Å². The lowest BCUT2D eigenvalue weighted by molar-refractivity contribution is -0.162. The Morgan fingerprint density at radius 2 is 1.73 bits per heavy atom. The first kappa shape index (κ1) is 28.9. The molecule has 0 atom stereocenters. The molecule has 0 aliphatic carbocycles. The number of nitriles is 1. The Morgan fingerprint density at radius 3 is 2.33 bits per heavy atom. The summed E-state index contributed by atoms with van der Waals surface area (Å²) in [7, 11) is 0. The molecule has 40 heavy (non-hydrogen) atoms. The normalized spacial score (nSPS) is 16.0. The standard InChI is InChI=1S/C31H31ClN2O6/c1-30(2)15-21(16-31(3,4)40-30)34-29(37)20-10-13-27(25(32)14-20)39-26-7-5-6-23(24(26)17-33)19-8-11-22(12-9-19)38-18-28(35)36/h5-14,21H,15-16,18H2,1-4H3,(H,34,37)(H,35,36). The molecule has 208 valence electrons. The van der Waals surface area contributed by atoms with Crippen LogP contribution in [-0.4, -0.2) is 40.8 Å². The first-order valence-electron chi connectivity index (χ1n) is 12.8. The van der Waals surface area contributed by atoms with E-state index < -0.39 is 12.6 Å². The van der Waals surface area contributed by atoms with Crippen LogP contribution in [0.2, 0.25) is 5.02 Å². The molecule has 3 aromatic carbocycles. The number of ether oxygens (including phenoxy) is 3. The average molecular weight is 563 g/mol. The van der Waals surface area contributed by atoms with E-state index in [4.69, 9.17) is 30.9 Å². The fourth-order valence-corrected chi connectivity index (χ4v) is 5.37. The zero-order chi connectivity index (χ0) is 29.1. The van der Waals surface area contributed by atoms with Crippen molar-refractivity contribution in [3.05, 3.63) is 76.8 Å². The SMILES string of the molecule is CC1(C)CC(NC(=O)c2ccc(Oc3cccc(-c4ccc(OCC(=O)O)cc4)c3C#N)c(Cl)c2)CC(C)(C)O1. The van der Waals surface area contributed by atoms with Gasteiger partial charge in [0.25, 0.3) is 5.91 Å². The van der Waals surface area contributed by atoms with Crippen LogP contribution in [-0.2, 0) is 9.53 Å². The van der Waals surface area contributed by atoms with Gasteiger partial charge < -0.3 is 24.6 Å².